The molecule has 1 aliphatic carbocycles. The zero-order chi connectivity index (χ0) is 14.0. The number of rotatable bonds is 4. The van der Waals surface area contributed by atoms with Gasteiger partial charge in [-0.3, -0.25) is 4.79 Å². The molecule has 1 fully saturated rings. The van der Waals surface area contributed by atoms with Gasteiger partial charge in [0.05, 0.1) is 0 Å². The van der Waals surface area contributed by atoms with Gasteiger partial charge in [0, 0.05) is 16.8 Å². The predicted molar refractivity (Wildman–Crippen MR) is 72.6 cm³/mol. The quantitative estimate of drug-likeness (QED) is 0.892. The number of nitrogens with zero attached hydrogens (tertiary/aromatic N) is 1. The molecule has 1 aromatic rings. The van der Waals surface area contributed by atoms with Crippen LogP contribution in [0.25, 0.3) is 0 Å². The molecule has 19 heavy (non-hydrogen) atoms. The van der Waals surface area contributed by atoms with Gasteiger partial charge in [-0.1, -0.05) is 17.7 Å². The Bertz CT molecular complexity index is 515. The second-order valence-corrected chi connectivity index (χ2v) is 5.00. The Kier molecular flexibility index (Phi) is 3.95. The molecule has 0 atom stereocenters. The molecule has 1 aliphatic rings. The van der Waals surface area contributed by atoms with E-state index in [1.165, 1.54) is 4.90 Å². The van der Waals surface area contributed by atoms with Crippen LogP contribution in [-0.2, 0) is 4.79 Å². The number of halogens is 1. The van der Waals surface area contributed by atoms with Crippen molar-refractivity contribution in [2.24, 2.45) is 0 Å². The zero-order valence-electron chi connectivity index (χ0n) is 10.5. The van der Waals surface area contributed by atoms with Crippen LogP contribution in [0.3, 0.4) is 0 Å². The van der Waals surface area contributed by atoms with Crippen molar-refractivity contribution in [2.45, 2.75) is 25.8 Å². The van der Waals surface area contributed by atoms with E-state index in [4.69, 9.17) is 16.7 Å². The van der Waals surface area contributed by atoms with Gasteiger partial charge in [0.2, 0.25) is 0 Å². The van der Waals surface area contributed by atoms with E-state index in [0.717, 1.165) is 18.4 Å². The summed E-state index contributed by atoms with van der Waals surface area (Å²) in [4.78, 5) is 24.2. The number of carboxylic acids is 1. The van der Waals surface area contributed by atoms with Crippen molar-refractivity contribution < 1.29 is 14.7 Å². The van der Waals surface area contributed by atoms with Crippen LogP contribution in [0, 0.1) is 6.92 Å². The monoisotopic (exact) mass is 282 g/mol. The molecule has 6 heteroatoms. The third-order valence-electron chi connectivity index (χ3n) is 3.06. The minimum atomic E-state index is -1.01. The summed E-state index contributed by atoms with van der Waals surface area (Å²) in [7, 11) is 0. The number of carboxylic acid groups (broad SMARTS) is 1. The van der Waals surface area contributed by atoms with Crippen molar-refractivity contribution in [2.75, 3.05) is 11.9 Å². The maximum Gasteiger partial charge on any atom is 0.323 e. The Morgan fingerprint density at radius 2 is 2.16 bits per heavy atom. The van der Waals surface area contributed by atoms with Gasteiger partial charge in [0.15, 0.2) is 0 Å². The average molecular weight is 283 g/mol. The first-order valence-electron chi connectivity index (χ1n) is 6.03. The first-order chi connectivity index (χ1) is 8.99. The maximum atomic E-state index is 12.1. The van der Waals surface area contributed by atoms with Crippen LogP contribution in [0.2, 0.25) is 5.02 Å². The predicted octanol–water partition coefficient (Wildman–Crippen LogP) is 2.73. The molecule has 0 heterocycles. The van der Waals surface area contributed by atoms with E-state index in [-0.39, 0.29) is 12.6 Å². The molecule has 0 radical (unpaired) electrons. The summed E-state index contributed by atoms with van der Waals surface area (Å²) in [5.41, 5.74) is 1.37. The number of carbonyl (C=O) groups is 2. The van der Waals surface area contributed by atoms with Crippen LogP contribution in [0.4, 0.5) is 10.5 Å². The lowest BCUT2D eigenvalue weighted by Crippen LogP contribution is -2.40. The number of urea groups is 1. The minimum absolute atomic E-state index is 0.0376. The molecule has 0 spiro atoms. The highest BCUT2D eigenvalue weighted by molar-refractivity contribution is 6.31. The molecular formula is C13H15ClN2O3. The van der Waals surface area contributed by atoms with Crippen LogP contribution in [0.15, 0.2) is 18.2 Å². The summed E-state index contributed by atoms with van der Waals surface area (Å²) in [6, 6.07) is 4.86. The third kappa shape index (κ3) is 3.38. The van der Waals surface area contributed by atoms with Crippen LogP contribution in [0.1, 0.15) is 18.4 Å². The normalized spacial score (nSPS) is 14.0. The van der Waals surface area contributed by atoms with Crippen molar-refractivity contribution in [1.29, 1.82) is 0 Å². The molecule has 102 valence electrons. The number of hydrogen-bond donors (Lipinski definition) is 2. The van der Waals surface area contributed by atoms with Crippen LogP contribution in [0.5, 0.6) is 0 Å². The standard InChI is InChI=1S/C13H15ClN2O3/c1-8-10(14)3-2-4-11(8)15-13(19)16(7-12(17)18)9-5-6-9/h2-4,9H,5-7H2,1H3,(H,15,19)(H,17,18). The zero-order valence-corrected chi connectivity index (χ0v) is 11.3. The molecule has 0 aromatic heterocycles. The second-order valence-electron chi connectivity index (χ2n) is 4.60. The Hall–Kier alpha value is -1.75. The number of aliphatic carboxylic acids is 1. The number of nitrogens with one attached hydrogen (secondary N) is 1. The third-order valence-corrected chi connectivity index (χ3v) is 3.47. The van der Waals surface area contributed by atoms with E-state index >= 15 is 0 Å². The molecule has 1 saturated carbocycles. The Labute approximate surface area is 116 Å². The van der Waals surface area contributed by atoms with E-state index in [1.54, 1.807) is 25.1 Å². The molecular weight excluding hydrogens is 268 g/mol. The molecule has 1 aromatic carbocycles. The van der Waals surface area contributed by atoms with E-state index in [0.29, 0.717) is 10.7 Å². The maximum absolute atomic E-state index is 12.1. The number of hydrogen-bond acceptors (Lipinski definition) is 2. The van der Waals surface area contributed by atoms with E-state index in [9.17, 15) is 9.59 Å². The van der Waals surface area contributed by atoms with Crippen molar-refractivity contribution in [3.63, 3.8) is 0 Å². The Balaban J connectivity index is 2.10. The van der Waals surface area contributed by atoms with Crippen molar-refractivity contribution in [3.8, 4) is 0 Å². The molecule has 0 aliphatic heterocycles. The van der Waals surface area contributed by atoms with E-state index in [1.807, 2.05) is 0 Å². The number of anilines is 1. The minimum Gasteiger partial charge on any atom is -0.480 e. The molecule has 2 rings (SSSR count). The van der Waals surface area contributed by atoms with Gasteiger partial charge in [-0.25, -0.2) is 4.79 Å². The van der Waals surface area contributed by atoms with Crippen molar-refractivity contribution >= 4 is 29.3 Å². The summed E-state index contributed by atoms with van der Waals surface area (Å²) in [5.74, 6) is -1.01. The first kappa shape index (κ1) is 13.7. The van der Waals surface area contributed by atoms with Crippen molar-refractivity contribution in [1.82, 2.24) is 4.90 Å². The van der Waals surface area contributed by atoms with Gasteiger partial charge in [-0.05, 0) is 37.5 Å². The number of amides is 2. The van der Waals surface area contributed by atoms with E-state index < -0.39 is 12.0 Å². The summed E-state index contributed by atoms with van der Waals surface area (Å²) in [6.07, 6.45) is 1.71. The summed E-state index contributed by atoms with van der Waals surface area (Å²) in [5, 5.41) is 12.1. The molecule has 0 bridgehead atoms. The molecule has 0 unspecified atom stereocenters. The second kappa shape index (κ2) is 5.48. The topological polar surface area (TPSA) is 69.6 Å². The number of carbonyl (C=O) groups excluding carboxylic acids is 1. The summed E-state index contributed by atoms with van der Waals surface area (Å²) in [6.45, 7) is 1.52. The lowest BCUT2D eigenvalue weighted by molar-refractivity contribution is -0.137. The fourth-order valence-electron chi connectivity index (χ4n) is 1.83. The van der Waals surface area contributed by atoms with Crippen LogP contribution < -0.4 is 5.32 Å². The highest BCUT2D eigenvalue weighted by Gasteiger charge is 2.34. The molecule has 2 N–H and O–H groups in total. The largest absolute Gasteiger partial charge is 0.480 e. The fraction of sp³-hybridized carbons (Fsp3) is 0.385. The highest BCUT2D eigenvalue weighted by atomic mass is 35.5. The van der Waals surface area contributed by atoms with Crippen LogP contribution >= 0.6 is 11.6 Å². The average Bonchev–Trinajstić information content (AvgIpc) is 3.16. The SMILES string of the molecule is Cc1c(Cl)cccc1NC(=O)N(CC(=O)O)C1CC1. The lowest BCUT2D eigenvalue weighted by atomic mass is 10.2. The Morgan fingerprint density at radius 3 is 2.74 bits per heavy atom. The fourth-order valence-corrected chi connectivity index (χ4v) is 2.00. The van der Waals surface area contributed by atoms with Gasteiger partial charge in [-0.2, -0.15) is 0 Å². The molecule has 5 nitrogen and oxygen atoms in total. The van der Waals surface area contributed by atoms with Gasteiger partial charge in [-0.15, -0.1) is 0 Å². The van der Waals surface area contributed by atoms with E-state index in [2.05, 4.69) is 5.32 Å². The van der Waals surface area contributed by atoms with Crippen LogP contribution in [-0.4, -0.2) is 34.6 Å². The summed E-state index contributed by atoms with van der Waals surface area (Å²) >= 11 is 5.98. The molecule has 2 amide bonds. The highest BCUT2D eigenvalue weighted by Crippen LogP contribution is 2.28. The first-order valence-corrected chi connectivity index (χ1v) is 6.41. The lowest BCUT2D eigenvalue weighted by Gasteiger charge is -2.21. The van der Waals surface area contributed by atoms with Gasteiger partial charge < -0.3 is 15.3 Å². The Morgan fingerprint density at radius 1 is 1.47 bits per heavy atom. The molecule has 0 saturated heterocycles. The number of benzene rings is 1. The smallest absolute Gasteiger partial charge is 0.323 e. The van der Waals surface area contributed by atoms with Gasteiger partial charge in [0.1, 0.15) is 6.54 Å². The van der Waals surface area contributed by atoms with Gasteiger partial charge in [0.25, 0.3) is 0 Å². The van der Waals surface area contributed by atoms with Crippen molar-refractivity contribution in [3.05, 3.63) is 28.8 Å². The van der Waals surface area contributed by atoms with Gasteiger partial charge >= 0.3 is 12.0 Å². The summed E-state index contributed by atoms with van der Waals surface area (Å²) < 4.78 is 0.